The molecule has 0 spiro atoms. The Morgan fingerprint density at radius 2 is 2.22 bits per heavy atom. The number of benzene rings is 1. The molecule has 0 unspecified atom stereocenters. The predicted octanol–water partition coefficient (Wildman–Crippen LogP) is 2.44. The van der Waals surface area contributed by atoms with Gasteiger partial charge >= 0.3 is 5.97 Å². The Bertz CT molecular complexity index is 561. The van der Waals surface area contributed by atoms with Crippen LogP contribution in [0.2, 0.25) is 5.02 Å². The van der Waals surface area contributed by atoms with Crippen molar-refractivity contribution >= 4 is 23.3 Å². The Morgan fingerprint density at radius 3 is 2.89 bits per heavy atom. The van der Waals surface area contributed by atoms with Crippen molar-refractivity contribution in [3.63, 3.8) is 0 Å². The summed E-state index contributed by atoms with van der Waals surface area (Å²) in [5.74, 6) is -1.06. The highest BCUT2D eigenvalue weighted by atomic mass is 35.5. The van der Waals surface area contributed by atoms with E-state index in [-0.39, 0.29) is 10.6 Å². The molecule has 0 radical (unpaired) electrons. The van der Waals surface area contributed by atoms with Crippen LogP contribution in [0.1, 0.15) is 16.1 Å². The monoisotopic (exact) mass is 263 g/mol. The first kappa shape index (κ1) is 12.3. The van der Waals surface area contributed by atoms with Gasteiger partial charge in [0.2, 0.25) is 0 Å². The fourth-order valence-corrected chi connectivity index (χ4v) is 1.75. The van der Waals surface area contributed by atoms with Crippen LogP contribution in [-0.4, -0.2) is 21.0 Å². The van der Waals surface area contributed by atoms with E-state index in [2.05, 4.69) is 15.3 Å². The fraction of sp³-hybridized carbons (Fsp3) is 0.0833. The summed E-state index contributed by atoms with van der Waals surface area (Å²) in [5.41, 5.74) is 1.29. The molecule has 2 N–H and O–H groups in total. The highest BCUT2D eigenvalue weighted by Crippen LogP contribution is 2.24. The van der Waals surface area contributed by atoms with Gasteiger partial charge in [-0.15, -0.1) is 0 Å². The lowest BCUT2D eigenvalue weighted by molar-refractivity contribution is 0.0698. The highest BCUT2D eigenvalue weighted by Gasteiger charge is 2.13. The molecule has 5 nitrogen and oxygen atoms in total. The van der Waals surface area contributed by atoms with E-state index in [1.807, 2.05) is 0 Å². The minimum atomic E-state index is -1.06. The van der Waals surface area contributed by atoms with Crippen LogP contribution in [0.15, 0.2) is 36.8 Å². The zero-order valence-corrected chi connectivity index (χ0v) is 10.1. The van der Waals surface area contributed by atoms with E-state index in [4.69, 9.17) is 16.7 Å². The molecule has 92 valence electrons. The number of hydrogen-bond acceptors (Lipinski definition) is 4. The van der Waals surface area contributed by atoms with Crippen molar-refractivity contribution in [3.8, 4) is 0 Å². The third-order valence-electron chi connectivity index (χ3n) is 2.33. The van der Waals surface area contributed by atoms with Crippen LogP contribution >= 0.6 is 11.6 Å². The predicted molar refractivity (Wildman–Crippen MR) is 67.8 cm³/mol. The molecule has 1 heterocycles. The number of rotatable bonds is 4. The van der Waals surface area contributed by atoms with Crippen LogP contribution in [-0.2, 0) is 6.54 Å². The fourth-order valence-electron chi connectivity index (χ4n) is 1.50. The van der Waals surface area contributed by atoms with Gasteiger partial charge < -0.3 is 10.4 Å². The van der Waals surface area contributed by atoms with Gasteiger partial charge in [-0.3, -0.25) is 0 Å². The molecule has 0 aliphatic heterocycles. The number of carbonyl (C=O) groups is 1. The molecule has 0 aliphatic carbocycles. The number of carboxylic acid groups (broad SMARTS) is 1. The lowest BCUT2D eigenvalue weighted by Gasteiger charge is -2.10. The quantitative estimate of drug-likeness (QED) is 0.886. The number of hydrogen-bond donors (Lipinski definition) is 2. The van der Waals surface area contributed by atoms with Gasteiger partial charge in [-0.25, -0.2) is 14.8 Å². The van der Waals surface area contributed by atoms with E-state index < -0.39 is 5.97 Å². The van der Waals surface area contributed by atoms with Crippen molar-refractivity contribution in [3.05, 3.63) is 53.1 Å². The molecule has 0 amide bonds. The van der Waals surface area contributed by atoms with Crippen LogP contribution in [0.5, 0.6) is 0 Å². The molecule has 0 atom stereocenters. The topological polar surface area (TPSA) is 75.1 Å². The Balaban J connectivity index is 2.20. The number of aromatic nitrogens is 2. The minimum Gasteiger partial charge on any atom is -0.478 e. The number of anilines is 1. The Morgan fingerprint density at radius 1 is 1.39 bits per heavy atom. The molecule has 2 rings (SSSR count). The molecule has 0 aliphatic rings. The van der Waals surface area contributed by atoms with E-state index in [1.165, 1.54) is 6.33 Å². The van der Waals surface area contributed by atoms with Gasteiger partial charge in [-0.1, -0.05) is 17.7 Å². The molecule has 1 aromatic heterocycles. The van der Waals surface area contributed by atoms with Crippen LogP contribution in [0.4, 0.5) is 5.69 Å². The third kappa shape index (κ3) is 2.75. The smallest absolute Gasteiger partial charge is 0.339 e. The van der Waals surface area contributed by atoms with Gasteiger partial charge in [0, 0.05) is 6.20 Å². The summed E-state index contributed by atoms with van der Waals surface area (Å²) < 4.78 is 0. The number of carboxylic acids is 1. The molecule has 18 heavy (non-hydrogen) atoms. The van der Waals surface area contributed by atoms with Crippen LogP contribution in [0.25, 0.3) is 0 Å². The lowest BCUT2D eigenvalue weighted by atomic mass is 10.1. The second-order valence-corrected chi connectivity index (χ2v) is 3.93. The lowest BCUT2D eigenvalue weighted by Crippen LogP contribution is -2.07. The van der Waals surface area contributed by atoms with Crippen LogP contribution in [0, 0.1) is 0 Å². The minimum absolute atomic E-state index is 0.0632. The average Bonchev–Trinajstić information content (AvgIpc) is 2.37. The van der Waals surface area contributed by atoms with Gasteiger partial charge in [-0.05, 0) is 18.2 Å². The maximum absolute atomic E-state index is 11.1. The molecular formula is C12H10ClN3O2. The van der Waals surface area contributed by atoms with Crippen molar-refractivity contribution in [2.24, 2.45) is 0 Å². The second kappa shape index (κ2) is 5.46. The van der Waals surface area contributed by atoms with Crippen molar-refractivity contribution in [2.45, 2.75) is 6.54 Å². The maximum atomic E-state index is 11.1. The van der Waals surface area contributed by atoms with Gasteiger partial charge in [0.25, 0.3) is 0 Å². The normalized spacial score (nSPS) is 10.1. The van der Waals surface area contributed by atoms with E-state index in [9.17, 15) is 4.79 Å². The molecule has 0 saturated heterocycles. The SMILES string of the molecule is O=C(O)c1c(Cl)cccc1NCc1ccncn1. The summed E-state index contributed by atoms with van der Waals surface area (Å²) in [6.07, 6.45) is 3.06. The summed E-state index contributed by atoms with van der Waals surface area (Å²) in [4.78, 5) is 18.9. The highest BCUT2D eigenvalue weighted by molar-refractivity contribution is 6.34. The summed E-state index contributed by atoms with van der Waals surface area (Å²) in [6, 6.07) is 6.65. The Hall–Kier alpha value is -2.14. The van der Waals surface area contributed by atoms with Crippen molar-refractivity contribution in [1.29, 1.82) is 0 Å². The van der Waals surface area contributed by atoms with Gasteiger partial charge in [0.1, 0.15) is 11.9 Å². The van der Waals surface area contributed by atoms with Gasteiger partial charge in [0.15, 0.2) is 0 Å². The molecule has 6 heteroatoms. The molecular weight excluding hydrogens is 254 g/mol. The molecule has 1 aromatic carbocycles. The summed E-state index contributed by atoms with van der Waals surface area (Å²) >= 11 is 5.86. The van der Waals surface area contributed by atoms with E-state index in [1.54, 1.807) is 30.5 Å². The molecule has 0 saturated carbocycles. The third-order valence-corrected chi connectivity index (χ3v) is 2.65. The Labute approximate surface area is 108 Å². The zero-order chi connectivity index (χ0) is 13.0. The molecule has 0 fully saturated rings. The van der Waals surface area contributed by atoms with Gasteiger partial charge in [-0.2, -0.15) is 0 Å². The molecule has 0 bridgehead atoms. The summed E-state index contributed by atoms with van der Waals surface area (Å²) in [5, 5.41) is 12.3. The maximum Gasteiger partial charge on any atom is 0.339 e. The Kier molecular flexibility index (Phi) is 3.74. The standard InChI is InChI=1S/C12H10ClN3O2/c13-9-2-1-3-10(11(9)12(17)18)15-6-8-4-5-14-7-16-8/h1-5,7,15H,6H2,(H,17,18). The first-order valence-corrected chi connectivity index (χ1v) is 5.57. The van der Waals surface area contributed by atoms with Gasteiger partial charge in [0.05, 0.1) is 22.9 Å². The summed E-state index contributed by atoms with van der Waals surface area (Å²) in [6.45, 7) is 0.406. The largest absolute Gasteiger partial charge is 0.478 e. The molecule has 2 aromatic rings. The van der Waals surface area contributed by atoms with Crippen molar-refractivity contribution < 1.29 is 9.90 Å². The van der Waals surface area contributed by atoms with Crippen LogP contribution in [0.3, 0.4) is 0 Å². The second-order valence-electron chi connectivity index (χ2n) is 3.52. The first-order valence-electron chi connectivity index (χ1n) is 5.19. The number of aromatic carboxylic acids is 1. The van der Waals surface area contributed by atoms with E-state index in [0.717, 1.165) is 5.69 Å². The first-order chi connectivity index (χ1) is 8.68. The number of halogens is 1. The van der Waals surface area contributed by atoms with Crippen molar-refractivity contribution in [2.75, 3.05) is 5.32 Å². The van der Waals surface area contributed by atoms with Crippen molar-refractivity contribution in [1.82, 2.24) is 9.97 Å². The number of nitrogens with zero attached hydrogens (tertiary/aromatic N) is 2. The summed E-state index contributed by atoms with van der Waals surface area (Å²) in [7, 11) is 0. The number of nitrogens with one attached hydrogen (secondary N) is 1. The van der Waals surface area contributed by atoms with Crippen LogP contribution < -0.4 is 5.32 Å². The average molecular weight is 264 g/mol. The zero-order valence-electron chi connectivity index (χ0n) is 9.30. The van der Waals surface area contributed by atoms with E-state index >= 15 is 0 Å². The van der Waals surface area contributed by atoms with E-state index in [0.29, 0.717) is 12.2 Å².